The van der Waals surface area contributed by atoms with Gasteiger partial charge in [-0.1, -0.05) is 12.1 Å². The number of benzene rings is 1. The van der Waals surface area contributed by atoms with E-state index in [0.29, 0.717) is 12.6 Å². The summed E-state index contributed by atoms with van der Waals surface area (Å²) in [5, 5.41) is 7.57. The Balaban J connectivity index is 1.74. The molecule has 5 nitrogen and oxygen atoms in total. The first-order chi connectivity index (χ1) is 10.2. The number of methoxy groups -OCH3 is 1. The summed E-state index contributed by atoms with van der Waals surface area (Å²) >= 11 is 0. The van der Waals surface area contributed by atoms with E-state index in [1.807, 2.05) is 24.3 Å². The molecule has 1 fully saturated rings. The van der Waals surface area contributed by atoms with E-state index in [1.54, 1.807) is 19.4 Å². The van der Waals surface area contributed by atoms with Gasteiger partial charge in [0, 0.05) is 12.1 Å². The number of hydrogen-bond acceptors (Lipinski definition) is 4. The maximum Gasteiger partial charge on any atom is 0.269 e. The fraction of sp³-hybridized carbons (Fsp3) is 0.375. The van der Waals surface area contributed by atoms with Crippen LogP contribution in [-0.4, -0.2) is 22.9 Å². The molecule has 0 saturated heterocycles. The fourth-order valence-electron chi connectivity index (χ4n) is 2.36. The minimum absolute atomic E-state index is 0.0952. The van der Waals surface area contributed by atoms with Gasteiger partial charge in [0.05, 0.1) is 25.5 Å². The second kappa shape index (κ2) is 5.99. The number of nitrogens with one attached hydrogen (secondary N) is 1. The zero-order chi connectivity index (χ0) is 14.7. The predicted molar refractivity (Wildman–Crippen MR) is 81.9 cm³/mol. The van der Waals surface area contributed by atoms with Crippen LogP contribution in [-0.2, 0) is 6.54 Å². The average molecular weight is 285 g/mol. The molecule has 1 aliphatic rings. The Labute approximate surface area is 123 Å². The van der Waals surface area contributed by atoms with Gasteiger partial charge >= 0.3 is 0 Å². The van der Waals surface area contributed by atoms with Crippen LogP contribution < -0.4 is 15.6 Å². The maximum absolute atomic E-state index is 12.1. The molecule has 2 aromatic rings. The van der Waals surface area contributed by atoms with Crippen LogP contribution in [0.2, 0.25) is 0 Å². The lowest BCUT2D eigenvalue weighted by Gasteiger charge is -2.27. The molecule has 1 heterocycles. The SMILES string of the molecule is COc1cccc(Cn2ncc(NC3CCC3)cc2=O)c1. The molecule has 3 rings (SSSR count). The van der Waals surface area contributed by atoms with Crippen LogP contribution in [0.5, 0.6) is 5.75 Å². The molecule has 0 bridgehead atoms. The molecule has 0 radical (unpaired) electrons. The van der Waals surface area contributed by atoms with Crippen molar-refractivity contribution in [1.29, 1.82) is 0 Å². The molecule has 21 heavy (non-hydrogen) atoms. The zero-order valence-electron chi connectivity index (χ0n) is 12.1. The number of rotatable bonds is 5. The minimum Gasteiger partial charge on any atom is -0.497 e. The second-order valence-corrected chi connectivity index (χ2v) is 5.36. The Morgan fingerprint density at radius 3 is 2.90 bits per heavy atom. The molecule has 1 aromatic carbocycles. The Morgan fingerprint density at radius 2 is 2.24 bits per heavy atom. The lowest BCUT2D eigenvalue weighted by atomic mass is 9.93. The van der Waals surface area contributed by atoms with Crippen LogP contribution in [0, 0.1) is 0 Å². The van der Waals surface area contributed by atoms with Crippen LogP contribution in [0.3, 0.4) is 0 Å². The third-order valence-electron chi connectivity index (χ3n) is 3.81. The van der Waals surface area contributed by atoms with Crippen molar-refractivity contribution < 1.29 is 4.74 Å². The topological polar surface area (TPSA) is 56.1 Å². The molecule has 5 heteroatoms. The standard InChI is InChI=1S/C16H19N3O2/c1-21-15-7-2-4-12(8-15)11-19-16(20)9-14(10-17-19)18-13-5-3-6-13/h2,4,7-10,13,18H,3,5-6,11H2,1H3. The quantitative estimate of drug-likeness (QED) is 0.915. The Morgan fingerprint density at radius 1 is 1.38 bits per heavy atom. The predicted octanol–water partition coefficient (Wildman–Crippen LogP) is 2.26. The molecule has 1 aromatic heterocycles. The van der Waals surface area contributed by atoms with E-state index < -0.39 is 0 Å². The van der Waals surface area contributed by atoms with Gasteiger partial charge in [0.2, 0.25) is 0 Å². The van der Waals surface area contributed by atoms with Crippen molar-refractivity contribution >= 4 is 5.69 Å². The largest absolute Gasteiger partial charge is 0.497 e. The number of hydrogen-bond donors (Lipinski definition) is 1. The van der Waals surface area contributed by atoms with Crippen LogP contribution >= 0.6 is 0 Å². The van der Waals surface area contributed by atoms with Gasteiger partial charge in [-0.2, -0.15) is 5.10 Å². The van der Waals surface area contributed by atoms with Crippen molar-refractivity contribution in [3.05, 3.63) is 52.4 Å². The molecule has 1 N–H and O–H groups in total. The van der Waals surface area contributed by atoms with Gasteiger partial charge in [0.1, 0.15) is 5.75 Å². The molecule has 0 unspecified atom stereocenters. The molecule has 1 saturated carbocycles. The first-order valence-corrected chi connectivity index (χ1v) is 7.21. The summed E-state index contributed by atoms with van der Waals surface area (Å²) in [7, 11) is 1.63. The highest BCUT2D eigenvalue weighted by molar-refractivity contribution is 5.40. The van der Waals surface area contributed by atoms with E-state index in [4.69, 9.17) is 4.74 Å². The van der Waals surface area contributed by atoms with Crippen molar-refractivity contribution in [2.24, 2.45) is 0 Å². The van der Waals surface area contributed by atoms with Crippen LogP contribution in [0.15, 0.2) is 41.3 Å². The van der Waals surface area contributed by atoms with Crippen molar-refractivity contribution in [2.75, 3.05) is 12.4 Å². The highest BCUT2D eigenvalue weighted by atomic mass is 16.5. The van der Waals surface area contributed by atoms with Crippen molar-refractivity contribution in [1.82, 2.24) is 9.78 Å². The highest BCUT2D eigenvalue weighted by Gasteiger charge is 2.17. The normalized spacial score (nSPS) is 14.5. The van der Waals surface area contributed by atoms with E-state index >= 15 is 0 Å². The molecule has 1 aliphatic carbocycles. The Bertz CT molecular complexity index is 677. The first-order valence-electron chi connectivity index (χ1n) is 7.21. The lowest BCUT2D eigenvalue weighted by Crippen LogP contribution is -2.29. The molecular weight excluding hydrogens is 266 g/mol. The third kappa shape index (κ3) is 3.24. The number of aromatic nitrogens is 2. The van der Waals surface area contributed by atoms with Gasteiger partial charge in [0.25, 0.3) is 5.56 Å². The van der Waals surface area contributed by atoms with Gasteiger partial charge in [0.15, 0.2) is 0 Å². The van der Waals surface area contributed by atoms with Gasteiger partial charge in [-0.05, 0) is 37.0 Å². The third-order valence-corrected chi connectivity index (χ3v) is 3.81. The number of nitrogens with zero attached hydrogens (tertiary/aromatic N) is 2. The van der Waals surface area contributed by atoms with Crippen LogP contribution in [0.25, 0.3) is 0 Å². The smallest absolute Gasteiger partial charge is 0.269 e. The Hall–Kier alpha value is -2.30. The monoisotopic (exact) mass is 285 g/mol. The van der Waals surface area contributed by atoms with Gasteiger partial charge < -0.3 is 10.1 Å². The minimum atomic E-state index is -0.0952. The summed E-state index contributed by atoms with van der Waals surface area (Å²) < 4.78 is 6.65. The van der Waals surface area contributed by atoms with Crippen molar-refractivity contribution in [2.45, 2.75) is 31.8 Å². The highest BCUT2D eigenvalue weighted by Crippen LogP contribution is 2.22. The molecule has 110 valence electrons. The molecule has 0 atom stereocenters. The van der Waals surface area contributed by atoms with E-state index in [9.17, 15) is 4.79 Å². The van der Waals surface area contributed by atoms with E-state index in [2.05, 4.69) is 10.4 Å². The van der Waals surface area contributed by atoms with Gasteiger partial charge in [-0.15, -0.1) is 0 Å². The summed E-state index contributed by atoms with van der Waals surface area (Å²) in [5.41, 5.74) is 1.71. The molecule has 0 spiro atoms. The summed E-state index contributed by atoms with van der Waals surface area (Å²) in [4.78, 5) is 12.1. The molecule has 0 amide bonds. The van der Waals surface area contributed by atoms with E-state index in [0.717, 1.165) is 17.0 Å². The number of anilines is 1. The lowest BCUT2D eigenvalue weighted by molar-refractivity contribution is 0.414. The van der Waals surface area contributed by atoms with Crippen molar-refractivity contribution in [3.8, 4) is 5.75 Å². The van der Waals surface area contributed by atoms with E-state index in [1.165, 1.54) is 23.9 Å². The van der Waals surface area contributed by atoms with E-state index in [-0.39, 0.29) is 5.56 Å². The van der Waals surface area contributed by atoms with Crippen molar-refractivity contribution in [3.63, 3.8) is 0 Å². The summed E-state index contributed by atoms with van der Waals surface area (Å²) in [6, 6.07) is 9.77. The zero-order valence-corrected chi connectivity index (χ0v) is 12.1. The molecular formula is C16H19N3O2. The van der Waals surface area contributed by atoms with Crippen LogP contribution in [0.1, 0.15) is 24.8 Å². The average Bonchev–Trinajstić information content (AvgIpc) is 2.46. The van der Waals surface area contributed by atoms with Gasteiger partial charge in [-0.3, -0.25) is 4.79 Å². The summed E-state index contributed by atoms with van der Waals surface area (Å²) in [6.07, 6.45) is 5.33. The summed E-state index contributed by atoms with van der Waals surface area (Å²) in [5.74, 6) is 0.781. The maximum atomic E-state index is 12.1. The Kier molecular flexibility index (Phi) is 3.90. The summed E-state index contributed by atoms with van der Waals surface area (Å²) in [6.45, 7) is 0.444. The number of ether oxygens (including phenoxy) is 1. The molecule has 0 aliphatic heterocycles. The van der Waals surface area contributed by atoms with Gasteiger partial charge in [-0.25, -0.2) is 4.68 Å². The fourth-order valence-corrected chi connectivity index (χ4v) is 2.36. The van der Waals surface area contributed by atoms with Crippen LogP contribution in [0.4, 0.5) is 5.69 Å². The first kappa shape index (κ1) is 13.7. The second-order valence-electron chi connectivity index (χ2n) is 5.36.